The van der Waals surface area contributed by atoms with Gasteiger partial charge in [-0.2, -0.15) is 10.2 Å². The Morgan fingerprint density at radius 1 is 1.13 bits per heavy atom. The summed E-state index contributed by atoms with van der Waals surface area (Å²) in [6, 6.07) is 3.75. The number of hydrogen-bond donors (Lipinski definition) is 1. The highest BCUT2D eigenvalue weighted by atomic mass is 16.3. The van der Waals surface area contributed by atoms with Gasteiger partial charge in [0.25, 0.3) is 0 Å². The number of aromatic nitrogens is 4. The molecule has 0 unspecified atom stereocenters. The van der Waals surface area contributed by atoms with E-state index in [1.54, 1.807) is 30.2 Å². The zero-order valence-electron chi connectivity index (χ0n) is 9.25. The molecule has 0 bridgehead atoms. The van der Waals surface area contributed by atoms with E-state index in [1.165, 1.54) is 5.69 Å². The van der Waals surface area contributed by atoms with Crippen LogP contribution in [0.1, 0.15) is 11.4 Å². The Morgan fingerprint density at radius 3 is 1.93 bits per heavy atom. The van der Waals surface area contributed by atoms with Crippen molar-refractivity contribution in [1.29, 1.82) is 0 Å². The third kappa shape index (κ3) is 3.21. The first-order valence-electron chi connectivity index (χ1n) is 4.67. The van der Waals surface area contributed by atoms with E-state index < -0.39 is 0 Å². The maximum Gasteiger partial charge on any atom is 0.0849 e. The molecule has 15 heavy (non-hydrogen) atoms. The second-order valence-corrected chi connectivity index (χ2v) is 3.20. The van der Waals surface area contributed by atoms with Crippen molar-refractivity contribution in [2.75, 3.05) is 0 Å². The molecule has 0 saturated carbocycles. The minimum atomic E-state index is 0.0660. The highest BCUT2D eigenvalue weighted by Gasteiger charge is 1.91. The zero-order valence-corrected chi connectivity index (χ0v) is 9.25. The van der Waals surface area contributed by atoms with Gasteiger partial charge in [-0.1, -0.05) is 0 Å². The molecule has 5 heteroatoms. The van der Waals surface area contributed by atoms with Crippen molar-refractivity contribution in [3.8, 4) is 0 Å². The van der Waals surface area contributed by atoms with E-state index in [2.05, 4.69) is 10.2 Å². The molecule has 2 aromatic heterocycles. The first-order valence-corrected chi connectivity index (χ1v) is 4.67. The van der Waals surface area contributed by atoms with Crippen LogP contribution in [0.4, 0.5) is 0 Å². The number of aliphatic hydroxyl groups is 1. The second-order valence-electron chi connectivity index (χ2n) is 3.20. The van der Waals surface area contributed by atoms with Crippen LogP contribution >= 0.6 is 0 Å². The number of aryl methyl sites for hydroxylation is 3. The maximum atomic E-state index is 8.55. The van der Waals surface area contributed by atoms with Crippen molar-refractivity contribution in [3.05, 3.63) is 35.9 Å². The first-order chi connectivity index (χ1) is 7.15. The van der Waals surface area contributed by atoms with Gasteiger partial charge >= 0.3 is 0 Å². The monoisotopic (exact) mass is 208 g/mol. The standard InChI is InChI=1S/C5H8N2O.C5H8N2/c1-7-5(4-8)2-3-6-7;1-5-3-4-6-7(5)2/h2-3,8H,4H2,1H3;3-4H,1-2H3. The molecule has 0 amide bonds. The minimum Gasteiger partial charge on any atom is -0.390 e. The lowest BCUT2D eigenvalue weighted by Crippen LogP contribution is -1.96. The number of aliphatic hydroxyl groups excluding tert-OH is 1. The molecule has 5 nitrogen and oxygen atoms in total. The molecule has 82 valence electrons. The van der Waals surface area contributed by atoms with E-state index >= 15 is 0 Å². The molecule has 0 aromatic carbocycles. The summed E-state index contributed by atoms with van der Waals surface area (Å²) in [6.07, 6.45) is 3.45. The van der Waals surface area contributed by atoms with E-state index in [1.807, 2.05) is 24.7 Å². The summed E-state index contributed by atoms with van der Waals surface area (Å²) < 4.78 is 3.47. The molecule has 2 aromatic rings. The van der Waals surface area contributed by atoms with Crippen molar-refractivity contribution in [3.63, 3.8) is 0 Å². The Balaban J connectivity index is 0.000000151. The van der Waals surface area contributed by atoms with Crippen molar-refractivity contribution in [1.82, 2.24) is 19.6 Å². The molecule has 1 N–H and O–H groups in total. The van der Waals surface area contributed by atoms with Crippen molar-refractivity contribution >= 4 is 0 Å². The third-order valence-corrected chi connectivity index (χ3v) is 2.15. The Labute approximate surface area is 89.0 Å². The van der Waals surface area contributed by atoms with E-state index in [4.69, 9.17) is 5.11 Å². The van der Waals surface area contributed by atoms with Crippen LogP contribution < -0.4 is 0 Å². The van der Waals surface area contributed by atoms with Crippen LogP contribution in [-0.2, 0) is 20.7 Å². The highest BCUT2D eigenvalue weighted by molar-refractivity contribution is 4.97. The van der Waals surface area contributed by atoms with E-state index in [0.717, 1.165) is 5.69 Å². The lowest BCUT2D eigenvalue weighted by molar-refractivity contribution is 0.270. The van der Waals surface area contributed by atoms with Gasteiger partial charge in [-0.05, 0) is 19.1 Å². The summed E-state index contributed by atoms with van der Waals surface area (Å²) in [5.41, 5.74) is 2.03. The van der Waals surface area contributed by atoms with Crippen molar-refractivity contribution in [2.24, 2.45) is 14.1 Å². The van der Waals surface area contributed by atoms with Gasteiger partial charge in [0, 0.05) is 32.2 Å². The Morgan fingerprint density at radius 2 is 1.73 bits per heavy atom. The fraction of sp³-hybridized carbons (Fsp3) is 0.400. The molecule has 0 aliphatic carbocycles. The maximum absolute atomic E-state index is 8.55. The summed E-state index contributed by atoms with van der Waals surface area (Å²) >= 11 is 0. The van der Waals surface area contributed by atoms with Gasteiger partial charge in [-0.3, -0.25) is 9.36 Å². The van der Waals surface area contributed by atoms with Gasteiger partial charge < -0.3 is 5.11 Å². The smallest absolute Gasteiger partial charge is 0.0849 e. The van der Waals surface area contributed by atoms with Crippen LogP contribution in [0.3, 0.4) is 0 Å². The summed E-state index contributed by atoms with van der Waals surface area (Å²) in [4.78, 5) is 0. The van der Waals surface area contributed by atoms with Gasteiger partial charge in [-0.15, -0.1) is 0 Å². The number of nitrogens with zero attached hydrogens (tertiary/aromatic N) is 4. The van der Waals surface area contributed by atoms with E-state index in [-0.39, 0.29) is 6.61 Å². The molecule has 2 heterocycles. The topological polar surface area (TPSA) is 55.9 Å². The molecule has 2 rings (SSSR count). The molecular weight excluding hydrogens is 192 g/mol. The van der Waals surface area contributed by atoms with Crippen LogP contribution in [0.5, 0.6) is 0 Å². The normalized spacial score (nSPS) is 9.60. The molecule has 0 spiro atoms. The Hall–Kier alpha value is -1.62. The van der Waals surface area contributed by atoms with Crippen LogP contribution in [0, 0.1) is 6.92 Å². The predicted molar refractivity (Wildman–Crippen MR) is 57.1 cm³/mol. The van der Waals surface area contributed by atoms with Crippen molar-refractivity contribution < 1.29 is 5.11 Å². The molecule has 0 radical (unpaired) electrons. The lowest BCUT2D eigenvalue weighted by Gasteiger charge is -1.92. The van der Waals surface area contributed by atoms with Crippen LogP contribution in [0.2, 0.25) is 0 Å². The molecule has 0 fully saturated rings. The van der Waals surface area contributed by atoms with E-state index in [0.29, 0.717) is 0 Å². The number of rotatable bonds is 1. The SMILES string of the molecule is Cc1ccnn1C.Cn1nccc1CO. The average molecular weight is 208 g/mol. The zero-order chi connectivity index (χ0) is 11.3. The largest absolute Gasteiger partial charge is 0.390 e. The van der Waals surface area contributed by atoms with Crippen molar-refractivity contribution in [2.45, 2.75) is 13.5 Å². The fourth-order valence-electron chi connectivity index (χ4n) is 0.997. The second kappa shape index (κ2) is 5.31. The average Bonchev–Trinajstić information content (AvgIpc) is 2.78. The van der Waals surface area contributed by atoms with Gasteiger partial charge in [0.15, 0.2) is 0 Å². The molecule has 0 atom stereocenters. The molecule has 0 saturated heterocycles. The quantitative estimate of drug-likeness (QED) is 0.748. The summed E-state index contributed by atoms with van der Waals surface area (Å²) in [7, 11) is 3.72. The first kappa shape index (κ1) is 11.5. The Kier molecular flexibility index (Phi) is 4.05. The minimum absolute atomic E-state index is 0.0660. The van der Waals surface area contributed by atoms with Crippen LogP contribution in [-0.4, -0.2) is 24.7 Å². The lowest BCUT2D eigenvalue weighted by atomic mass is 10.5. The number of hydrogen-bond acceptors (Lipinski definition) is 3. The van der Waals surface area contributed by atoms with Gasteiger partial charge in [0.1, 0.15) is 0 Å². The summed E-state index contributed by atoms with van der Waals surface area (Å²) in [5, 5.41) is 16.3. The van der Waals surface area contributed by atoms with E-state index in [9.17, 15) is 0 Å². The van der Waals surface area contributed by atoms with Gasteiger partial charge in [0.2, 0.25) is 0 Å². The van der Waals surface area contributed by atoms with Gasteiger partial charge in [0.05, 0.1) is 12.3 Å². The predicted octanol–water partition coefficient (Wildman–Crippen LogP) is 0.641. The van der Waals surface area contributed by atoms with Crippen LogP contribution in [0.15, 0.2) is 24.5 Å². The summed E-state index contributed by atoms with van der Waals surface area (Å²) in [6.45, 7) is 2.09. The molecular formula is C10H16N4O. The summed E-state index contributed by atoms with van der Waals surface area (Å²) in [5.74, 6) is 0. The van der Waals surface area contributed by atoms with Crippen LogP contribution in [0.25, 0.3) is 0 Å². The highest BCUT2D eigenvalue weighted by Crippen LogP contribution is 1.92. The molecule has 0 aliphatic rings. The Bertz CT molecular complexity index is 388. The molecule has 0 aliphatic heterocycles. The van der Waals surface area contributed by atoms with Gasteiger partial charge in [-0.25, -0.2) is 0 Å². The third-order valence-electron chi connectivity index (χ3n) is 2.15. The fourth-order valence-corrected chi connectivity index (χ4v) is 0.997.